The number of hydrogen-bond donors (Lipinski definition) is 0. The van der Waals surface area contributed by atoms with E-state index in [1.807, 2.05) is 0 Å². The number of amides is 1. The summed E-state index contributed by atoms with van der Waals surface area (Å²) in [5.74, 6) is 0.0497. The monoisotopic (exact) mass is 356 g/mol. The molecule has 0 radical (unpaired) electrons. The summed E-state index contributed by atoms with van der Waals surface area (Å²) in [5.41, 5.74) is 0.662. The maximum atomic E-state index is 13.4. The van der Waals surface area contributed by atoms with E-state index in [2.05, 4.69) is 0 Å². The molecule has 1 aromatic carbocycles. The first-order valence-corrected chi connectivity index (χ1v) is 9.84. The number of sulfonamides is 1. The third-order valence-electron chi connectivity index (χ3n) is 4.59. The quantitative estimate of drug-likeness (QED) is 0.799. The summed E-state index contributed by atoms with van der Waals surface area (Å²) in [4.78, 5) is 14.5. The molecule has 2 aliphatic heterocycles. The van der Waals surface area contributed by atoms with Gasteiger partial charge in [0, 0.05) is 31.1 Å². The highest BCUT2D eigenvalue weighted by atomic mass is 32.2. The van der Waals surface area contributed by atoms with Crippen molar-refractivity contribution < 1.29 is 22.3 Å². The Morgan fingerprint density at radius 1 is 1.25 bits per heavy atom. The van der Waals surface area contributed by atoms with Crippen LogP contribution in [0, 0.1) is 11.7 Å². The first-order valence-electron chi connectivity index (χ1n) is 8.00. The van der Waals surface area contributed by atoms with E-state index < -0.39 is 10.0 Å². The van der Waals surface area contributed by atoms with Gasteiger partial charge >= 0.3 is 0 Å². The number of benzene rings is 1. The van der Waals surface area contributed by atoms with Gasteiger partial charge in [0.1, 0.15) is 18.2 Å². The molecule has 0 aromatic heterocycles. The molecule has 132 valence electrons. The van der Waals surface area contributed by atoms with Gasteiger partial charge in [-0.1, -0.05) is 0 Å². The number of piperidine rings is 1. The Hall–Kier alpha value is -1.67. The Labute approximate surface area is 141 Å². The van der Waals surface area contributed by atoms with Gasteiger partial charge in [-0.15, -0.1) is 0 Å². The fourth-order valence-corrected chi connectivity index (χ4v) is 4.12. The van der Waals surface area contributed by atoms with Crippen molar-refractivity contribution in [2.75, 3.05) is 32.5 Å². The number of halogens is 1. The Balaban J connectivity index is 1.67. The SMILES string of the molecule is CS(=O)(=O)N1CCC(C(=O)N2CCOc3ccc(F)cc3C2)CC1. The van der Waals surface area contributed by atoms with Crippen molar-refractivity contribution in [3.8, 4) is 5.75 Å². The van der Waals surface area contributed by atoms with Crippen LogP contribution in [0.3, 0.4) is 0 Å². The van der Waals surface area contributed by atoms with Crippen molar-refractivity contribution in [1.82, 2.24) is 9.21 Å². The van der Waals surface area contributed by atoms with Crippen molar-refractivity contribution in [2.45, 2.75) is 19.4 Å². The molecule has 1 saturated heterocycles. The molecule has 0 atom stereocenters. The average Bonchev–Trinajstić information content (AvgIpc) is 2.75. The largest absolute Gasteiger partial charge is 0.491 e. The Bertz CT molecular complexity index is 730. The van der Waals surface area contributed by atoms with Crippen LogP contribution < -0.4 is 4.74 Å². The zero-order valence-electron chi connectivity index (χ0n) is 13.6. The lowest BCUT2D eigenvalue weighted by Gasteiger charge is -2.32. The first-order chi connectivity index (χ1) is 11.3. The van der Waals surface area contributed by atoms with Crippen LogP contribution in [0.25, 0.3) is 0 Å². The molecule has 2 aliphatic rings. The smallest absolute Gasteiger partial charge is 0.226 e. The molecule has 0 N–H and O–H groups in total. The predicted octanol–water partition coefficient (Wildman–Crippen LogP) is 1.22. The minimum atomic E-state index is -3.20. The second-order valence-corrected chi connectivity index (χ2v) is 8.28. The highest BCUT2D eigenvalue weighted by molar-refractivity contribution is 7.88. The highest BCUT2D eigenvalue weighted by Gasteiger charge is 2.32. The Morgan fingerprint density at radius 2 is 1.96 bits per heavy atom. The van der Waals surface area contributed by atoms with Crippen molar-refractivity contribution in [3.05, 3.63) is 29.6 Å². The van der Waals surface area contributed by atoms with Gasteiger partial charge < -0.3 is 9.64 Å². The van der Waals surface area contributed by atoms with Crippen LogP contribution in [-0.4, -0.2) is 56.0 Å². The third-order valence-corrected chi connectivity index (χ3v) is 5.89. The summed E-state index contributed by atoms with van der Waals surface area (Å²) in [5, 5.41) is 0. The number of hydrogen-bond acceptors (Lipinski definition) is 4. The predicted molar refractivity (Wildman–Crippen MR) is 86.5 cm³/mol. The molecule has 1 amide bonds. The standard InChI is InChI=1S/C16H21FN2O4S/c1-24(21,22)19-6-4-12(5-7-19)16(20)18-8-9-23-15-3-2-14(17)10-13(15)11-18/h2-3,10,12H,4-9,11H2,1H3. The summed E-state index contributed by atoms with van der Waals surface area (Å²) in [6, 6.07) is 4.33. The molecule has 6 nitrogen and oxygen atoms in total. The van der Waals surface area contributed by atoms with Crippen molar-refractivity contribution in [2.24, 2.45) is 5.92 Å². The summed E-state index contributed by atoms with van der Waals surface area (Å²) < 4.78 is 43.6. The Kier molecular flexibility index (Phi) is 4.78. The number of carbonyl (C=O) groups is 1. The Morgan fingerprint density at radius 3 is 2.62 bits per heavy atom. The van der Waals surface area contributed by atoms with Crippen molar-refractivity contribution in [1.29, 1.82) is 0 Å². The van der Waals surface area contributed by atoms with Gasteiger partial charge in [-0.3, -0.25) is 4.79 Å². The molecule has 24 heavy (non-hydrogen) atoms. The maximum absolute atomic E-state index is 13.4. The molecule has 2 heterocycles. The second-order valence-electron chi connectivity index (χ2n) is 6.30. The summed E-state index contributed by atoms with van der Waals surface area (Å²) in [6.07, 6.45) is 2.21. The van der Waals surface area contributed by atoms with E-state index in [9.17, 15) is 17.6 Å². The second kappa shape index (κ2) is 6.68. The molecular weight excluding hydrogens is 335 g/mol. The van der Waals surface area contributed by atoms with Gasteiger partial charge in [0.2, 0.25) is 15.9 Å². The van der Waals surface area contributed by atoms with Crippen LogP contribution in [0.4, 0.5) is 4.39 Å². The lowest BCUT2D eigenvalue weighted by Crippen LogP contribution is -2.44. The van der Waals surface area contributed by atoms with Crippen molar-refractivity contribution >= 4 is 15.9 Å². The highest BCUT2D eigenvalue weighted by Crippen LogP contribution is 2.27. The number of ether oxygens (including phenoxy) is 1. The van der Waals surface area contributed by atoms with Gasteiger partial charge in [-0.05, 0) is 31.0 Å². The van der Waals surface area contributed by atoms with Gasteiger partial charge in [-0.25, -0.2) is 17.1 Å². The molecule has 0 spiro atoms. The van der Waals surface area contributed by atoms with Crippen LogP contribution >= 0.6 is 0 Å². The first kappa shape index (κ1) is 17.2. The number of rotatable bonds is 2. The van der Waals surface area contributed by atoms with Crippen LogP contribution in [-0.2, 0) is 21.4 Å². The summed E-state index contributed by atoms with van der Waals surface area (Å²) in [6.45, 7) is 1.86. The summed E-state index contributed by atoms with van der Waals surface area (Å²) in [7, 11) is -3.20. The number of carbonyl (C=O) groups excluding carboxylic acids is 1. The lowest BCUT2D eigenvalue weighted by atomic mass is 9.96. The van der Waals surface area contributed by atoms with E-state index >= 15 is 0 Å². The topological polar surface area (TPSA) is 66.9 Å². The molecule has 0 unspecified atom stereocenters. The molecule has 0 aliphatic carbocycles. The van der Waals surface area contributed by atoms with Crippen molar-refractivity contribution in [3.63, 3.8) is 0 Å². The molecule has 3 rings (SSSR count). The molecule has 1 fully saturated rings. The fraction of sp³-hybridized carbons (Fsp3) is 0.562. The molecular formula is C16H21FN2O4S. The van der Waals surface area contributed by atoms with E-state index in [1.54, 1.807) is 11.0 Å². The molecule has 0 saturated carbocycles. The third kappa shape index (κ3) is 3.70. The van der Waals surface area contributed by atoms with E-state index in [0.29, 0.717) is 56.9 Å². The van der Waals surface area contributed by atoms with Crippen LogP contribution in [0.1, 0.15) is 18.4 Å². The van der Waals surface area contributed by atoms with Crippen LogP contribution in [0.2, 0.25) is 0 Å². The molecule has 1 aromatic rings. The number of nitrogens with zero attached hydrogens (tertiary/aromatic N) is 2. The van der Waals surface area contributed by atoms with E-state index in [4.69, 9.17) is 4.74 Å². The zero-order valence-corrected chi connectivity index (χ0v) is 14.4. The fourth-order valence-electron chi connectivity index (χ4n) is 3.24. The average molecular weight is 356 g/mol. The normalized spacial score (nSPS) is 20.2. The maximum Gasteiger partial charge on any atom is 0.226 e. The van der Waals surface area contributed by atoms with E-state index in [-0.39, 0.29) is 17.6 Å². The van der Waals surface area contributed by atoms with E-state index in [1.165, 1.54) is 22.7 Å². The number of fused-ring (bicyclic) bond motifs is 1. The van der Waals surface area contributed by atoms with Gasteiger partial charge in [0.05, 0.1) is 12.8 Å². The molecule has 8 heteroatoms. The van der Waals surface area contributed by atoms with Gasteiger partial charge in [0.25, 0.3) is 0 Å². The van der Waals surface area contributed by atoms with Gasteiger partial charge in [-0.2, -0.15) is 0 Å². The summed E-state index contributed by atoms with van der Waals surface area (Å²) >= 11 is 0. The van der Waals surface area contributed by atoms with E-state index in [0.717, 1.165) is 0 Å². The lowest BCUT2D eigenvalue weighted by molar-refractivity contribution is -0.137. The van der Waals surface area contributed by atoms with Gasteiger partial charge in [0.15, 0.2) is 0 Å². The molecule has 0 bridgehead atoms. The minimum Gasteiger partial charge on any atom is -0.491 e. The van der Waals surface area contributed by atoms with Crippen LogP contribution in [0.15, 0.2) is 18.2 Å². The minimum absolute atomic E-state index is 0.0103. The zero-order chi connectivity index (χ0) is 17.3. The van der Waals surface area contributed by atoms with Crippen LogP contribution in [0.5, 0.6) is 5.75 Å².